The molecule has 0 atom stereocenters. The summed E-state index contributed by atoms with van der Waals surface area (Å²) in [7, 11) is 0. The molecule has 6 heteroatoms. The van der Waals surface area contributed by atoms with Gasteiger partial charge < -0.3 is 14.6 Å². The molecule has 0 saturated heterocycles. The van der Waals surface area contributed by atoms with Crippen molar-refractivity contribution in [3.8, 4) is 5.75 Å². The number of hydrogen-bond acceptors (Lipinski definition) is 3. The summed E-state index contributed by atoms with van der Waals surface area (Å²) in [5, 5.41) is 4.53. The molecule has 0 fully saturated rings. The van der Waals surface area contributed by atoms with Gasteiger partial charge in [-0.3, -0.25) is 9.78 Å². The molecule has 0 unspecified atom stereocenters. The zero-order valence-corrected chi connectivity index (χ0v) is 17.7. The predicted octanol–water partition coefficient (Wildman–Crippen LogP) is 5.23. The van der Waals surface area contributed by atoms with E-state index >= 15 is 0 Å². The van der Waals surface area contributed by atoms with Crippen LogP contribution in [0.15, 0.2) is 85.7 Å². The van der Waals surface area contributed by atoms with Crippen molar-refractivity contribution in [3.63, 3.8) is 0 Å². The van der Waals surface area contributed by atoms with E-state index in [-0.39, 0.29) is 5.91 Å². The van der Waals surface area contributed by atoms with Crippen molar-refractivity contribution in [1.29, 1.82) is 0 Å². The van der Waals surface area contributed by atoms with Crippen LogP contribution in [-0.4, -0.2) is 22.1 Å². The molecule has 1 amide bonds. The highest BCUT2D eigenvalue weighted by molar-refractivity contribution is 6.30. The normalized spacial score (nSPS) is 10.7. The molecule has 0 aliphatic heterocycles. The van der Waals surface area contributed by atoms with Crippen LogP contribution in [0.1, 0.15) is 21.6 Å². The number of fused-ring (bicyclic) bond motifs is 1. The second-order valence-electron chi connectivity index (χ2n) is 7.08. The van der Waals surface area contributed by atoms with Crippen LogP contribution >= 0.6 is 11.6 Å². The maximum absolute atomic E-state index is 13.2. The SMILES string of the molecule is C=CCOc1cccc2c1cc(C(=O)NCc1cccnc1)n2Cc1cccc(Cl)c1. The lowest BCUT2D eigenvalue weighted by molar-refractivity contribution is 0.0942. The van der Waals surface area contributed by atoms with Gasteiger partial charge in [-0.25, -0.2) is 0 Å². The number of ether oxygens (including phenoxy) is 1. The Morgan fingerprint density at radius 1 is 1.13 bits per heavy atom. The van der Waals surface area contributed by atoms with E-state index in [4.69, 9.17) is 16.3 Å². The van der Waals surface area contributed by atoms with Gasteiger partial charge in [-0.05, 0) is 47.5 Å². The quantitative estimate of drug-likeness (QED) is 0.388. The third-order valence-electron chi connectivity index (χ3n) is 4.90. The van der Waals surface area contributed by atoms with E-state index in [1.165, 1.54) is 0 Å². The number of amides is 1. The molecule has 0 spiro atoms. The molecule has 0 aliphatic rings. The van der Waals surface area contributed by atoms with Crippen molar-refractivity contribution < 1.29 is 9.53 Å². The van der Waals surface area contributed by atoms with Crippen molar-refractivity contribution in [2.45, 2.75) is 13.1 Å². The van der Waals surface area contributed by atoms with E-state index in [0.717, 1.165) is 22.0 Å². The average Bonchev–Trinajstić information content (AvgIpc) is 3.16. The molecule has 5 nitrogen and oxygen atoms in total. The van der Waals surface area contributed by atoms with Crippen LogP contribution in [0.3, 0.4) is 0 Å². The molecule has 0 saturated carbocycles. The van der Waals surface area contributed by atoms with E-state index in [9.17, 15) is 4.79 Å². The number of hydrogen-bond donors (Lipinski definition) is 1. The predicted molar refractivity (Wildman–Crippen MR) is 124 cm³/mol. The van der Waals surface area contributed by atoms with E-state index in [0.29, 0.717) is 36.2 Å². The van der Waals surface area contributed by atoms with Gasteiger partial charge in [0.1, 0.15) is 18.1 Å². The van der Waals surface area contributed by atoms with Crippen molar-refractivity contribution in [2.75, 3.05) is 6.61 Å². The zero-order chi connectivity index (χ0) is 21.6. The monoisotopic (exact) mass is 431 g/mol. The minimum Gasteiger partial charge on any atom is -0.489 e. The number of nitrogens with zero attached hydrogens (tertiary/aromatic N) is 2. The first-order valence-corrected chi connectivity index (χ1v) is 10.3. The minimum atomic E-state index is -0.170. The van der Waals surface area contributed by atoms with Crippen LogP contribution in [0.25, 0.3) is 10.9 Å². The fourth-order valence-electron chi connectivity index (χ4n) is 3.48. The smallest absolute Gasteiger partial charge is 0.268 e. The Balaban J connectivity index is 1.72. The van der Waals surface area contributed by atoms with E-state index in [2.05, 4.69) is 16.9 Å². The molecule has 4 rings (SSSR count). The maximum atomic E-state index is 13.2. The van der Waals surface area contributed by atoms with Crippen LogP contribution < -0.4 is 10.1 Å². The van der Waals surface area contributed by atoms with Crippen LogP contribution in [0.4, 0.5) is 0 Å². The molecule has 2 heterocycles. The second kappa shape index (κ2) is 9.49. The first-order valence-electron chi connectivity index (χ1n) is 9.93. The highest BCUT2D eigenvalue weighted by Gasteiger charge is 2.18. The summed E-state index contributed by atoms with van der Waals surface area (Å²) >= 11 is 6.18. The molecular formula is C25H22ClN3O2. The van der Waals surface area contributed by atoms with Gasteiger partial charge in [0.15, 0.2) is 0 Å². The molecule has 156 valence electrons. The average molecular weight is 432 g/mol. The Kier molecular flexibility index (Phi) is 6.34. The Morgan fingerprint density at radius 2 is 1.97 bits per heavy atom. The lowest BCUT2D eigenvalue weighted by Crippen LogP contribution is -2.25. The summed E-state index contributed by atoms with van der Waals surface area (Å²) < 4.78 is 7.81. The van der Waals surface area contributed by atoms with Gasteiger partial charge in [0.25, 0.3) is 5.91 Å². The van der Waals surface area contributed by atoms with Gasteiger partial charge in [-0.2, -0.15) is 0 Å². The Bertz CT molecular complexity index is 1220. The molecule has 1 N–H and O–H groups in total. The summed E-state index contributed by atoms with van der Waals surface area (Å²) in [6, 6.07) is 19.1. The topological polar surface area (TPSA) is 56.1 Å². The van der Waals surface area contributed by atoms with Gasteiger partial charge >= 0.3 is 0 Å². The van der Waals surface area contributed by atoms with Crippen molar-refractivity contribution in [1.82, 2.24) is 14.9 Å². The van der Waals surface area contributed by atoms with E-state index in [1.807, 2.05) is 65.2 Å². The number of halogens is 1. The van der Waals surface area contributed by atoms with Gasteiger partial charge in [0.05, 0.1) is 5.52 Å². The summed E-state index contributed by atoms with van der Waals surface area (Å²) in [6.07, 6.45) is 5.14. The number of pyridine rings is 1. The number of aromatic nitrogens is 2. The van der Waals surface area contributed by atoms with E-state index < -0.39 is 0 Å². The maximum Gasteiger partial charge on any atom is 0.268 e. The minimum absolute atomic E-state index is 0.170. The van der Waals surface area contributed by atoms with Crippen LogP contribution in [-0.2, 0) is 13.1 Å². The first-order chi connectivity index (χ1) is 15.2. The molecule has 4 aromatic rings. The largest absolute Gasteiger partial charge is 0.489 e. The summed E-state index contributed by atoms with van der Waals surface area (Å²) in [4.78, 5) is 17.3. The third-order valence-corrected chi connectivity index (χ3v) is 5.14. The van der Waals surface area contributed by atoms with Gasteiger partial charge in [0.2, 0.25) is 0 Å². The van der Waals surface area contributed by atoms with Gasteiger partial charge in [-0.15, -0.1) is 0 Å². The standard InChI is InChI=1S/C25H22ClN3O2/c1-2-12-31-24-10-4-9-22-21(24)14-23(25(30)28-16-19-7-5-11-27-15-19)29(22)17-18-6-3-8-20(26)13-18/h2-11,13-15H,1,12,16-17H2,(H,28,30). The fraction of sp³-hybridized carbons (Fsp3) is 0.120. The zero-order valence-electron chi connectivity index (χ0n) is 16.9. The Hall–Kier alpha value is -3.57. The number of carbonyl (C=O) groups excluding carboxylic acids is 1. The number of rotatable bonds is 8. The Labute approximate surface area is 185 Å². The number of benzene rings is 2. The molecule has 2 aromatic heterocycles. The number of carbonyl (C=O) groups is 1. The highest BCUT2D eigenvalue weighted by atomic mass is 35.5. The Morgan fingerprint density at radius 3 is 2.74 bits per heavy atom. The molecule has 0 radical (unpaired) electrons. The van der Waals surface area contributed by atoms with Crippen molar-refractivity contribution >= 4 is 28.4 Å². The van der Waals surface area contributed by atoms with Crippen LogP contribution in [0.2, 0.25) is 5.02 Å². The van der Waals surface area contributed by atoms with Crippen LogP contribution in [0, 0.1) is 0 Å². The lowest BCUT2D eigenvalue weighted by Gasteiger charge is -2.12. The van der Waals surface area contributed by atoms with Gasteiger partial charge in [0, 0.05) is 35.9 Å². The first kappa shape index (κ1) is 20.7. The van der Waals surface area contributed by atoms with Gasteiger partial charge in [-0.1, -0.05) is 48.5 Å². The molecule has 2 aromatic carbocycles. The number of nitrogens with one attached hydrogen (secondary N) is 1. The second-order valence-corrected chi connectivity index (χ2v) is 7.51. The lowest BCUT2D eigenvalue weighted by atomic mass is 10.2. The molecule has 0 aliphatic carbocycles. The van der Waals surface area contributed by atoms with Crippen LogP contribution in [0.5, 0.6) is 5.75 Å². The summed E-state index contributed by atoms with van der Waals surface area (Å²) in [5.41, 5.74) is 3.40. The molecule has 0 bridgehead atoms. The van der Waals surface area contributed by atoms with Crippen molar-refractivity contribution in [3.05, 3.63) is 108 Å². The summed E-state index contributed by atoms with van der Waals surface area (Å²) in [6.45, 7) is 5.00. The molecular weight excluding hydrogens is 410 g/mol. The fourth-order valence-corrected chi connectivity index (χ4v) is 3.70. The summed E-state index contributed by atoms with van der Waals surface area (Å²) in [5.74, 6) is 0.542. The third kappa shape index (κ3) is 4.78. The molecule has 31 heavy (non-hydrogen) atoms. The van der Waals surface area contributed by atoms with E-state index in [1.54, 1.807) is 18.5 Å². The highest BCUT2D eigenvalue weighted by Crippen LogP contribution is 2.30. The van der Waals surface area contributed by atoms with Crippen molar-refractivity contribution in [2.24, 2.45) is 0 Å².